The van der Waals surface area contributed by atoms with Gasteiger partial charge in [0.25, 0.3) is 5.91 Å². The molecular formula is C25H22F2N4O2. The summed E-state index contributed by atoms with van der Waals surface area (Å²) in [7, 11) is 1.74. The predicted molar refractivity (Wildman–Crippen MR) is 118 cm³/mol. The third kappa shape index (κ3) is 3.18. The number of hydrogen-bond acceptors (Lipinski definition) is 4. The summed E-state index contributed by atoms with van der Waals surface area (Å²) in [6, 6.07) is 10.3. The van der Waals surface area contributed by atoms with Gasteiger partial charge in [0.2, 0.25) is 0 Å². The molecule has 168 valence electrons. The van der Waals surface area contributed by atoms with Gasteiger partial charge in [-0.3, -0.25) is 4.79 Å². The number of aromatic nitrogens is 2. The molecule has 8 heteroatoms. The molecule has 1 N–H and O–H groups in total. The van der Waals surface area contributed by atoms with E-state index in [9.17, 15) is 13.6 Å². The first kappa shape index (κ1) is 20.2. The zero-order valence-corrected chi connectivity index (χ0v) is 18.0. The zero-order chi connectivity index (χ0) is 22.7. The summed E-state index contributed by atoms with van der Waals surface area (Å²) in [5, 5.41) is 3.38. The quantitative estimate of drug-likeness (QED) is 0.605. The van der Waals surface area contributed by atoms with Gasteiger partial charge in [0.1, 0.15) is 11.6 Å². The molecule has 1 fully saturated rings. The van der Waals surface area contributed by atoms with Crippen LogP contribution in [-0.4, -0.2) is 46.6 Å². The fourth-order valence-electron chi connectivity index (χ4n) is 5.34. The van der Waals surface area contributed by atoms with Crippen molar-refractivity contribution in [1.29, 1.82) is 0 Å². The molecule has 4 heterocycles. The van der Waals surface area contributed by atoms with Crippen LogP contribution < -0.4 is 10.1 Å². The van der Waals surface area contributed by atoms with Gasteiger partial charge in [0, 0.05) is 30.2 Å². The summed E-state index contributed by atoms with van der Waals surface area (Å²) in [5.74, 6) is 7.13. The molecule has 1 saturated heterocycles. The molecule has 3 atom stereocenters. The van der Waals surface area contributed by atoms with Crippen LogP contribution in [0.1, 0.15) is 58.7 Å². The van der Waals surface area contributed by atoms with E-state index in [1.165, 1.54) is 6.07 Å². The van der Waals surface area contributed by atoms with E-state index >= 15 is 0 Å². The van der Waals surface area contributed by atoms with Gasteiger partial charge in [0.05, 0.1) is 29.2 Å². The standard InChI is InChI=1S/C25H22F2N4O2/c1-30-20-13-19(22-16(24(30)32)5-2-6-21(22)33-25(26)27)31-18-12-14(7-9-15-4-3-11-28-15)8-10-17(18)29-23(20)31/h2,5-6,8,10,12,15,19-20,25,28H,3-4,11,13H2,1H3/t15-,19+,20?/m0/s1. The van der Waals surface area contributed by atoms with E-state index in [0.717, 1.165) is 41.8 Å². The Hall–Kier alpha value is -3.44. The highest BCUT2D eigenvalue weighted by Crippen LogP contribution is 2.49. The van der Waals surface area contributed by atoms with Crippen molar-refractivity contribution in [2.45, 2.75) is 44.0 Å². The number of nitrogens with one attached hydrogen (secondary N) is 1. The van der Waals surface area contributed by atoms with Crippen LogP contribution in [0.25, 0.3) is 11.0 Å². The number of nitrogens with zero attached hydrogens (tertiary/aromatic N) is 3. The summed E-state index contributed by atoms with van der Waals surface area (Å²) < 4.78 is 33.3. The van der Waals surface area contributed by atoms with E-state index in [1.807, 2.05) is 18.2 Å². The molecule has 6 rings (SSSR count). The predicted octanol–water partition coefficient (Wildman–Crippen LogP) is 3.86. The van der Waals surface area contributed by atoms with Gasteiger partial charge < -0.3 is 19.5 Å². The third-order valence-electron chi connectivity index (χ3n) is 6.86. The second kappa shape index (κ2) is 7.56. The lowest BCUT2D eigenvalue weighted by Gasteiger charge is -2.24. The Kier molecular flexibility index (Phi) is 4.63. The topological polar surface area (TPSA) is 59.4 Å². The molecule has 6 nitrogen and oxygen atoms in total. The minimum atomic E-state index is -2.98. The Morgan fingerprint density at radius 1 is 1.24 bits per heavy atom. The minimum Gasteiger partial charge on any atom is -0.434 e. The maximum atomic E-state index is 13.2. The smallest absolute Gasteiger partial charge is 0.387 e. The summed E-state index contributed by atoms with van der Waals surface area (Å²) >= 11 is 0. The van der Waals surface area contributed by atoms with E-state index in [4.69, 9.17) is 9.72 Å². The number of imidazole rings is 1. The van der Waals surface area contributed by atoms with Crippen molar-refractivity contribution in [3.63, 3.8) is 0 Å². The summed E-state index contributed by atoms with van der Waals surface area (Å²) in [6.07, 6.45) is 2.73. The number of halogens is 2. The summed E-state index contributed by atoms with van der Waals surface area (Å²) in [4.78, 5) is 19.7. The molecule has 3 aliphatic heterocycles. The summed E-state index contributed by atoms with van der Waals surface area (Å²) in [5.41, 5.74) is 3.42. The third-order valence-corrected chi connectivity index (χ3v) is 6.86. The van der Waals surface area contributed by atoms with E-state index < -0.39 is 6.61 Å². The second-order valence-corrected chi connectivity index (χ2v) is 8.74. The molecule has 0 saturated carbocycles. The fourth-order valence-corrected chi connectivity index (χ4v) is 5.34. The molecule has 2 bridgehead atoms. The van der Waals surface area contributed by atoms with E-state index in [2.05, 4.69) is 21.7 Å². The molecular weight excluding hydrogens is 426 g/mol. The molecule has 3 aliphatic rings. The van der Waals surface area contributed by atoms with Crippen LogP contribution in [0.3, 0.4) is 0 Å². The number of fused-ring (bicyclic) bond motifs is 9. The Bertz CT molecular complexity index is 1330. The summed E-state index contributed by atoms with van der Waals surface area (Å²) in [6.45, 7) is -1.98. The van der Waals surface area contributed by atoms with Crippen molar-refractivity contribution < 1.29 is 18.3 Å². The van der Waals surface area contributed by atoms with Crippen LogP contribution in [0.4, 0.5) is 8.78 Å². The highest BCUT2D eigenvalue weighted by molar-refractivity contribution is 5.97. The molecule has 1 unspecified atom stereocenters. The highest BCUT2D eigenvalue weighted by atomic mass is 19.3. The molecule has 1 aromatic heterocycles. The maximum Gasteiger partial charge on any atom is 0.387 e. The van der Waals surface area contributed by atoms with Gasteiger partial charge >= 0.3 is 6.61 Å². The zero-order valence-electron chi connectivity index (χ0n) is 18.0. The van der Waals surface area contributed by atoms with Crippen LogP contribution >= 0.6 is 0 Å². The minimum absolute atomic E-state index is 0.0351. The SMILES string of the molecule is CN1C(=O)c2cccc(OC(F)F)c2[C@H]2CC1c1nc3ccc(C#C[C@@H]4CCCN4)cc3n12. The first-order valence-electron chi connectivity index (χ1n) is 11.1. The van der Waals surface area contributed by atoms with Gasteiger partial charge in [-0.15, -0.1) is 0 Å². The number of rotatable bonds is 2. The van der Waals surface area contributed by atoms with Crippen LogP contribution in [0.5, 0.6) is 5.75 Å². The number of benzene rings is 2. The lowest BCUT2D eigenvalue weighted by atomic mass is 9.97. The highest BCUT2D eigenvalue weighted by Gasteiger charge is 2.45. The normalized spacial score (nSPS) is 23.3. The van der Waals surface area contributed by atoms with Gasteiger partial charge in [-0.1, -0.05) is 17.9 Å². The molecule has 2 aromatic carbocycles. The molecule has 1 amide bonds. The molecule has 0 radical (unpaired) electrons. The first-order valence-corrected chi connectivity index (χ1v) is 11.1. The molecule has 0 aliphatic carbocycles. The first-order chi connectivity index (χ1) is 16.0. The monoisotopic (exact) mass is 448 g/mol. The lowest BCUT2D eigenvalue weighted by molar-refractivity contribution is -0.0507. The van der Waals surface area contributed by atoms with Crippen molar-refractivity contribution in [3.05, 3.63) is 58.9 Å². The van der Waals surface area contributed by atoms with Gasteiger partial charge in [0.15, 0.2) is 0 Å². The Labute approximate surface area is 189 Å². The molecule has 3 aromatic rings. The van der Waals surface area contributed by atoms with Crippen molar-refractivity contribution >= 4 is 16.9 Å². The number of hydrogen-bond donors (Lipinski definition) is 1. The van der Waals surface area contributed by atoms with Gasteiger partial charge in [-0.2, -0.15) is 8.78 Å². The average Bonchev–Trinajstić information content (AvgIpc) is 3.51. The average molecular weight is 448 g/mol. The van der Waals surface area contributed by atoms with Crippen LogP contribution in [0.2, 0.25) is 0 Å². The van der Waals surface area contributed by atoms with Crippen LogP contribution in [-0.2, 0) is 0 Å². The second-order valence-electron chi connectivity index (χ2n) is 8.74. The largest absolute Gasteiger partial charge is 0.434 e. The molecule has 0 spiro atoms. The maximum absolute atomic E-state index is 13.2. The Morgan fingerprint density at radius 3 is 2.91 bits per heavy atom. The van der Waals surface area contributed by atoms with Crippen LogP contribution in [0.15, 0.2) is 36.4 Å². The van der Waals surface area contributed by atoms with E-state index in [-0.39, 0.29) is 29.8 Å². The number of ether oxygens (including phenoxy) is 1. The van der Waals surface area contributed by atoms with Crippen molar-refractivity contribution in [1.82, 2.24) is 19.8 Å². The Morgan fingerprint density at radius 2 is 2.12 bits per heavy atom. The number of alkyl halides is 2. The van der Waals surface area contributed by atoms with Gasteiger partial charge in [-0.25, -0.2) is 4.98 Å². The van der Waals surface area contributed by atoms with E-state index in [0.29, 0.717) is 17.5 Å². The van der Waals surface area contributed by atoms with E-state index in [1.54, 1.807) is 24.1 Å². The van der Waals surface area contributed by atoms with Gasteiger partial charge in [-0.05, 0) is 49.7 Å². The number of carbonyl (C=O) groups excluding carboxylic acids is 1. The number of carbonyl (C=O) groups is 1. The van der Waals surface area contributed by atoms with Crippen molar-refractivity contribution in [2.24, 2.45) is 0 Å². The molecule has 33 heavy (non-hydrogen) atoms. The van der Waals surface area contributed by atoms with Crippen LogP contribution in [0, 0.1) is 11.8 Å². The number of amides is 1. The lowest BCUT2D eigenvalue weighted by Crippen LogP contribution is -2.30. The van der Waals surface area contributed by atoms with Crippen molar-refractivity contribution in [2.75, 3.05) is 13.6 Å². The van der Waals surface area contributed by atoms with Crippen molar-refractivity contribution in [3.8, 4) is 17.6 Å². The fraction of sp³-hybridized carbons (Fsp3) is 0.360. The Balaban J connectivity index is 1.52.